The smallest absolute Gasteiger partial charge is 0.123 e. The standard InChI is InChI=1S/C30H36FN3O.C2H6/c1-8-26(21-32(6)20-25-13-11-10-12-14-25)24(5)15-17-29(23(3)4)34(9-2)33(7)22-27-19-28(31)16-18-30(27)35;1-2/h8-19,21,35H,1-2,5,20,22H2,3-4,6-7H3;1-2H3/b17-15-,26-21+;. The van der Waals surface area contributed by atoms with E-state index in [4.69, 9.17) is 0 Å². The predicted molar refractivity (Wildman–Crippen MR) is 156 cm³/mol. The average Bonchev–Trinajstić information content (AvgIpc) is 2.88. The normalized spacial score (nSPS) is 11.0. The lowest BCUT2D eigenvalue weighted by Gasteiger charge is -2.32. The van der Waals surface area contributed by atoms with Gasteiger partial charge in [-0.05, 0) is 54.8 Å². The molecule has 37 heavy (non-hydrogen) atoms. The summed E-state index contributed by atoms with van der Waals surface area (Å²) < 4.78 is 13.7. The van der Waals surface area contributed by atoms with Crippen molar-refractivity contribution >= 4 is 0 Å². The fraction of sp³-hybridized carbons (Fsp3) is 0.250. The van der Waals surface area contributed by atoms with E-state index in [1.54, 1.807) is 12.3 Å². The summed E-state index contributed by atoms with van der Waals surface area (Å²) in [6.45, 7) is 21.2. The van der Waals surface area contributed by atoms with Gasteiger partial charge in [-0.2, -0.15) is 0 Å². The number of rotatable bonds is 12. The van der Waals surface area contributed by atoms with Gasteiger partial charge in [0, 0.05) is 45.1 Å². The predicted octanol–water partition coefficient (Wildman–Crippen LogP) is 7.96. The second-order valence-electron chi connectivity index (χ2n) is 8.55. The van der Waals surface area contributed by atoms with E-state index in [-0.39, 0.29) is 5.75 Å². The molecule has 0 saturated heterocycles. The molecule has 0 bridgehead atoms. The second kappa shape index (κ2) is 16.0. The van der Waals surface area contributed by atoms with Crippen molar-refractivity contribution in [3.05, 3.63) is 138 Å². The van der Waals surface area contributed by atoms with Crippen molar-refractivity contribution in [2.24, 2.45) is 0 Å². The van der Waals surface area contributed by atoms with Gasteiger partial charge in [-0.3, -0.25) is 5.01 Å². The van der Waals surface area contributed by atoms with Gasteiger partial charge in [0.25, 0.3) is 0 Å². The molecule has 0 atom stereocenters. The first-order valence-electron chi connectivity index (χ1n) is 12.4. The Balaban J connectivity index is 0.00000334. The van der Waals surface area contributed by atoms with Gasteiger partial charge >= 0.3 is 0 Å². The van der Waals surface area contributed by atoms with E-state index in [1.807, 2.05) is 88.4 Å². The molecular formula is C32H42FN3O. The molecule has 0 radical (unpaired) electrons. The maximum Gasteiger partial charge on any atom is 0.123 e. The summed E-state index contributed by atoms with van der Waals surface area (Å²) in [6, 6.07) is 14.2. The SMILES string of the molecule is C=C/C(=C\N(C)Cc1ccccc1)C(=C)/C=C\C(=C(C)C)N(C=C)N(C)Cc1cc(F)ccc1O.CC. The molecule has 198 valence electrons. The minimum Gasteiger partial charge on any atom is -0.508 e. The Morgan fingerprint density at radius 2 is 1.62 bits per heavy atom. The number of allylic oxidation sites excluding steroid dienone is 6. The van der Waals surface area contributed by atoms with E-state index >= 15 is 0 Å². The van der Waals surface area contributed by atoms with Gasteiger partial charge in [0.1, 0.15) is 11.6 Å². The number of nitrogens with zero attached hydrogens (tertiary/aromatic N) is 3. The van der Waals surface area contributed by atoms with E-state index in [0.29, 0.717) is 12.1 Å². The summed E-state index contributed by atoms with van der Waals surface area (Å²) in [6.07, 6.45) is 9.41. The maximum absolute atomic E-state index is 13.7. The van der Waals surface area contributed by atoms with E-state index in [9.17, 15) is 9.50 Å². The average molecular weight is 504 g/mol. The van der Waals surface area contributed by atoms with Crippen LogP contribution in [0.3, 0.4) is 0 Å². The van der Waals surface area contributed by atoms with Crippen molar-refractivity contribution < 1.29 is 9.50 Å². The minimum atomic E-state index is -0.393. The van der Waals surface area contributed by atoms with Crippen LogP contribution in [0, 0.1) is 5.82 Å². The summed E-state index contributed by atoms with van der Waals surface area (Å²) >= 11 is 0. The largest absolute Gasteiger partial charge is 0.508 e. The number of benzene rings is 2. The molecule has 0 amide bonds. The lowest BCUT2D eigenvalue weighted by Crippen LogP contribution is -2.34. The summed E-state index contributed by atoms with van der Waals surface area (Å²) in [5.74, 6) is -0.346. The van der Waals surface area contributed by atoms with Crippen LogP contribution in [0.15, 0.2) is 121 Å². The van der Waals surface area contributed by atoms with E-state index in [1.165, 1.54) is 23.8 Å². The number of aromatic hydroxyl groups is 1. The Labute approximate surface area is 223 Å². The summed E-state index contributed by atoms with van der Waals surface area (Å²) in [4.78, 5) is 2.10. The lowest BCUT2D eigenvalue weighted by molar-refractivity contribution is 0.0821. The second-order valence-corrected chi connectivity index (χ2v) is 8.55. The Hall–Kier alpha value is -3.83. The third kappa shape index (κ3) is 9.98. The van der Waals surface area contributed by atoms with Crippen LogP contribution in [0.2, 0.25) is 0 Å². The molecule has 0 aliphatic rings. The van der Waals surface area contributed by atoms with Crippen molar-refractivity contribution in [1.82, 2.24) is 14.9 Å². The number of phenolic OH excluding ortho intramolecular Hbond substituents is 1. The highest BCUT2D eigenvalue weighted by molar-refractivity contribution is 5.45. The van der Waals surface area contributed by atoms with Crippen LogP contribution in [0.5, 0.6) is 5.75 Å². The molecule has 0 saturated carbocycles. The lowest BCUT2D eigenvalue weighted by atomic mass is 10.1. The Morgan fingerprint density at radius 1 is 0.973 bits per heavy atom. The zero-order chi connectivity index (χ0) is 28.0. The molecule has 0 spiro atoms. The summed E-state index contributed by atoms with van der Waals surface area (Å²) in [5, 5.41) is 13.8. The van der Waals surface area contributed by atoms with Crippen LogP contribution < -0.4 is 0 Å². The first kappa shape index (κ1) is 31.2. The quantitative estimate of drug-likeness (QED) is 0.235. The maximum atomic E-state index is 13.7. The molecule has 0 aromatic heterocycles. The third-order valence-corrected chi connectivity index (χ3v) is 5.41. The van der Waals surface area contributed by atoms with Crippen molar-refractivity contribution in [3.63, 3.8) is 0 Å². The molecule has 0 unspecified atom stereocenters. The van der Waals surface area contributed by atoms with Crippen molar-refractivity contribution in [1.29, 1.82) is 0 Å². The molecule has 4 nitrogen and oxygen atoms in total. The Kier molecular flexibility index (Phi) is 13.5. The zero-order valence-electron chi connectivity index (χ0n) is 23.2. The number of halogens is 1. The van der Waals surface area contributed by atoms with Gasteiger partial charge in [0.15, 0.2) is 0 Å². The van der Waals surface area contributed by atoms with Crippen molar-refractivity contribution in [2.75, 3.05) is 14.1 Å². The number of hydrazine groups is 1. The first-order valence-corrected chi connectivity index (χ1v) is 12.4. The molecule has 0 fully saturated rings. The van der Waals surface area contributed by atoms with E-state index < -0.39 is 5.82 Å². The summed E-state index contributed by atoms with van der Waals surface area (Å²) in [7, 11) is 3.87. The highest BCUT2D eigenvalue weighted by Crippen LogP contribution is 2.23. The molecule has 1 N–H and O–H groups in total. The molecule has 0 heterocycles. The fourth-order valence-corrected chi connectivity index (χ4v) is 3.59. The van der Waals surface area contributed by atoms with Gasteiger partial charge in [-0.25, -0.2) is 9.40 Å². The number of phenols is 1. The van der Waals surface area contributed by atoms with Crippen molar-refractivity contribution in [2.45, 2.75) is 40.8 Å². The van der Waals surface area contributed by atoms with Gasteiger partial charge in [-0.15, -0.1) is 0 Å². The number of hydrogen-bond donors (Lipinski definition) is 1. The molecule has 0 aliphatic carbocycles. The molecule has 2 aromatic rings. The van der Waals surface area contributed by atoms with Gasteiger partial charge in [0.2, 0.25) is 0 Å². The Bertz CT molecular complexity index is 1130. The fourth-order valence-electron chi connectivity index (χ4n) is 3.59. The van der Waals surface area contributed by atoms with Crippen LogP contribution in [0.4, 0.5) is 4.39 Å². The highest BCUT2D eigenvalue weighted by Gasteiger charge is 2.14. The Morgan fingerprint density at radius 3 is 2.19 bits per heavy atom. The summed E-state index contributed by atoms with van der Waals surface area (Å²) in [5.41, 5.74) is 5.37. The molecule has 2 rings (SSSR count). The zero-order valence-corrected chi connectivity index (χ0v) is 23.2. The van der Waals surface area contributed by atoms with Crippen LogP contribution in [0.1, 0.15) is 38.8 Å². The van der Waals surface area contributed by atoms with Crippen LogP contribution in [-0.4, -0.2) is 34.1 Å². The first-order chi connectivity index (χ1) is 17.7. The topological polar surface area (TPSA) is 30.0 Å². The third-order valence-electron chi connectivity index (χ3n) is 5.41. The number of hydrogen-bond acceptors (Lipinski definition) is 4. The van der Waals surface area contributed by atoms with Gasteiger partial charge < -0.3 is 10.0 Å². The van der Waals surface area contributed by atoms with E-state index in [2.05, 4.69) is 36.8 Å². The van der Waals surface area contributed by atoms with Crippen LogP contribution in [-0.2, 0) is 13.1 Å². The molecular weight excluding hydrogens is 461 g/mol. The molecule has 5 heteroatoms. The minimum absolute atomic E-state index is 0.0466. The van der Waals surface area contributed by atoms with Gasteiger partial charge in [0.05, 0.1) is 5.70 Å². The molecule has 0 aliphatic heterocycles. The van der Waals surface area contributed by atoms with Crippen LogP contribution >= 0.6 is 0 Å². The highest BCUT2D eigenvalue weighted by atomic mass is 19.1. The van der Waals surface area contributed by atoms with Gasteiger partial charge in [-0.1, -0.05) is 81.6 Å². The monoisotopic (exact) mass is 503 g/mol. The van der Waals surface area contributed by atoms with E-state index in [0.717, 1.165) is 29.0 Å². The molecule has 2 aromatic carbocycles. The van der Waals surface area contributed by atoms with Crippen LogP contribution in [0.25, 0.3) is 0 Å². The van der Waals surface area contributed by atoms with Crippen molar-refractivity contribution in [3.8, 4) is 5.75 Å².